The van der Waals surface area contributed by atoms with Gasteiger partial charge in [-0.1, -0.05) is 64.7 Å². The van der Waals surface area contributed by atoms with Crippen LogP contribution in [0.3, 0.4) is 0 Å². The highest BCUT2D eigenvalue weighted by atomic mass is 16.5. The fraction of sp³-hybridized carbons (Fsp3) is 0.865. The van der Waals surface area contributed by atoms with E-state index in [1.165, 1.54) is 114 Å². The molecule has 0 aromatic carbocycles. The van der Waals surface area contributed by atoms with Crippen LogP contribution >= 0.6 is 0 Å². The van der Waals surface area contributed by atoms with Crippen molar-refractivity contribution in [2.45, 2.75) is 205 Å². The number of hydrogen-bond donors (Lipinski definition) is 4. The third kappa shape index (κ3) is 7.67. The number of carbonyl (C=O) groups excluding carboxylic acids is 1. The molecule has 6 aliphatic rings. The number of hydrogen-bond acceptors (Lipinski definition) is 6. The minimum atomic E-state index is -0.112. The third-order valence-electron chi connectivity index (χ3n) is 11.7. The molecule has 0 bridgehead atoms. The normalized spacial score (nSPS) is 32.3. The van der Waals surface area contributed by atoms with Crippen LogP contribution in [0.2, 0.25) is 0 Å². The van der Waals surface area contributed by atoms with E-state index >= 15 is 0 Å². The van der Waals surface area contributed by atoms with Crippen LogP contribution in [0.5, 0.6) is 0 Å². The first kappa shape index (κ1) is 32.7. The van der Waals surface area contributed by atoms with E-state index in [1.807, 2.05) is 0 Å². The largest absolute Gasteiger partial charge is 0.459 e. The summed E-state index contributed by atoms with van der Waals surface area (Å²) in [5.74, 6) is 2.32. The number of guanidine groups is 2. The van der Waals surface area contributed by atoms with Gasteiger partial charge in [-0.15, -0.1) is 0 Å². The van der Waals surface area contributed by atoms with Crippen LogP contribution in [0.15, 0.2) is 11.3 Å². The molecule has 0 radical (unpaired) electrons. The molecule has 0 aliphatic carbocycles. The molecular formula is C37H64N6O2+2. The first-order valence-electron chi connectivity index (χ1n) is 19.2. The van der Waals surface area contributed by atoms with Gasteiger partial charge in [0.1, 0.15) is 11.6 Å². The van der Waals surface area contributed by atoms with E-state index in [0.717, 1.165) is 49.3 Å². The Bertz CT molecular complexity index is 1150. The average molecular weight is 625 g/mol. The van der Waals surface area contributed by atoms with E-state index in [-0.39, 0.29) is 18.1 Å². The molecule has 2 saturated heterocycles. The molecule has 8 nitrogen and oxygen atoms in total. The van der Waals surface area contributed by atoms with Crippen molar-refractivity contribution in [3.63, 3.8) is 0 Å². The fourth-order valence-electron chi connectivity index (χ4n) is 9.45. The Morgan fingerprint density at radius 1 is 0.778 bits per heavy atom. The lowest BCUT2D eigenvalue weighted by molar-refractivity contribution is -0.593. The van der Waals surface area contributed by atoms with Crippen molar-refractivity contribution < 1.29 is 18.7 Å². The van der Waals surface area contributed by atoms with Crippen molar-refractivity contribution in [1.82, 2.24) is 21.3 Å². The molecule has 0 unspecified atom stereocenters. The Labute approximate surface area is 273 Å². The van der Waals surface area contributed by atoms with Crippen LogP contribution < -0.4 is 21.3 Å². The maximum atomic E-state index is 13.5. The zero-order valence-corrected chi connectivity index (χ0v) is 29.0. The van der Waals surface area contributed by atoms with Crippen LogP contribution in [-0.2, 0) is 9.53 Å². The molecule has 2 fully saturated rings. The van der Waals surface area contributed by atoms with Gasteiger partial charge in [0, 0.05) is 25.7 Å². The lowest BCUT2D eigenvalue weighted by atomic mass is 9.97. The number of ether oxygens (including phenoxy) is 1. The molecule has 0 spiro atoms. The maximum Gasteiger partial charge on any atom is 0.351 e. The minimum Gasteiger partial charge on any atom is -0.459 e. The minimum absolute atomic E-state index is 0.0249. The number of nitrogens with one attached hydrogen (secondary N) is 4. The molecule has 0 saturated carbocycles. The Morgan fingerprint density at radius 2 is 1.42 bits per heavy atom. The molecule has 252 valence electrons. The van der Waals surface area contributed by atoms with Crippen molar-refractivity contribution in [3.8, 4) is 0 Å². The van der Waals surface area contributed by atoms with Crippen LogP contribution in [0.25, 0.3) is 0 Å². The zero-order chi connectivity index (χ0) is 31.3. The number of carbonyl (C=O) groups is 1. The standard InChI is InChI=1S/C37H62N6O2/c1-5-6-7-8-9-10-13-16-29-24-32-20-21-33-34(27(4)39-37(41-29)43(32)33)35(44)45-26(3)15-12-11-14-17-28-23-31-19-18-30-22-25(2)38-36(40-28)42(30)31/h25-32H,5-24H2,1-4H3,(H2,38,39,40,41)/p+2/t25-,26+,27+,28+,29+,30+,31-,32-/m0/s1. The number of unbranched alkanes of at least 4 members (excludes halogenated alkanes) is 8. The van der Waals surface area contributed by atoms with Gasteiger partial charge in [-0.3, -0.25) is 25.8 Å². The summed E-state index contributed by atoms with van der Waals surface area (Å²) in [6.07, 6.45) is 25.0. The summed E-state index contributed by atoms with van der Waals surface area (Å²) in [5, 5.41) is 15.0. The first-order chi connectivity index (χ1) is 21.9. The Balaban J connectivity index is 0.921. The van der Waals surface area contributed by atoms with Gasteiger partial charge < -0.3 is 4.74 Å². The van der Waals surface area contributed by atoms with Gasteiger partial charge in [0.15, 0.2) is 0 Å². The first-order valence-corrected chi connectivity index (χ1v) is 19.2. The summed E-state index contributed by atoms with van der Waals surface area (Å²) < 4.78 is 11.2. The molecular weight excluding hydrogens is 560 g/mol. The summed E-state index contributed by atoms with van der Waals surface area (Å²) in [5.41, 5.74) is 2.06. The van der Waals surface area contributed by atoms with Gasteiger partial charge >= 0.3 is 17.9 Å². The van der Waals surface area contributed by atoms with E-state index in [4.69, 9.17) is 4.74 Å². The predicted octanol–water partition coefficient (Wildman–Crippen LogP) is 5.79. The van der Waals surface area contributed by atoms with Crippen molar-refractivity contribution in [3.05, 3.63) is 11.3 Å². The molecule has 0 aromatic rings. The van der Waals surface area contributed by atoms with E-state index in [2.05, 4.69) is 58.1 Å². The molecule has 45 heavy (non-hydrogen) atoms. The van der Waals surface area contributed by atoms with E-state index in [0.29, 0.717) is 24.2 Å². The maximum absolute atomic E-state index is 13.5. The van der Waals surface area contributed by atoms with E-state index in [9.17, 15) is 4.79 Å². The number of nitrogens with zero attached hydrogens (tertiary/aromatic N) is 2. The summed E-state index contributed by atoms with van der Waals surface area (Å²) >= 11 is 0. The average Bonchev–Trinajstić information content (AvgIpc) is 3.61. The molecule has 6 rings (SSSR count). The van der Waals surface area contributed by atoms with Crippen molar-refractivity contribution in [1.29, 1.82) is 0 Å². The summed E-state index contributed by atoms with van der Waals surface area (Å²) in [4.78, 5) is 13.5. The zero-order valence-electron chi connectivity index (χ0n) is 29.0. The fourth-order valence-corrected chi connectivity index (χ4v) is 9.45. The summed E-state index contributed by atoms with van der Waals surface area (Å²) in [6, 6.07) is 3.63. The molecule has 6 aliphatic heterocycles. The second-order valence-corrected chi connectivity index (χ2v) is 15.5. The lowest BCUT2D eigenvalue weighted by Crippen LogP contribution is -2.61. The molecule has 0 amide bonds. The van der Waals surface area contributed by atoms with E-state index in [1.54, 1.807) is 0 Å². The number of rotatable bonds is 16. The molecule has 4 N–H and O–H groups in total. The third-order valence-corrected chi connectivity index (χ3v) is 11.7. The lowest BCUT2D eigenvalue weighted by Gasteiger charge is -2.35. The van der Waals surface area contributed by atoms with Crippen LogP contribution in [0, 0.1) is 0 Å². The van der Waals surface area contributed by atoms with Crippen molar-refractivity contribution >= 4 is 17.9 Å². The molecule has 8 atom stereocenters. The van der Waals surface area contributed by atoms with Crippen molar-refractivity contribution in [2.75, 3.05) is 0 Å². The number of allylic oxidation sites excluding steroid dienone is 1. The van der Waals surface area contributed by atoms with E-state index < -0.39 is 0 Å². The van der Waals surface area contributed by atoms with Gasteiger partial charge in [0.05, 0.1) is 48.1 Å². The topological polar surface area (TPSA) is 80.4 Å². The van der Waals surface area contributed by atoms with Gasteiger partial charge in [0.25, 0.3) is 0 Å². The second kappa shape index (κ2) is 15.1. The smallest absolute Gasteiger partial charge is 0.351 e. The van der Waals surface area contributed by atoms with Crippen LogP contribution in [0.4, 0.5) is 0 Å². The SMILES string of the molecule is CCCCCCCCC[C@@H]1C[C@@H]2CCC3=C(C(=O)O[C@H](C)CCCCC[C@@H]4C[C@@H]5CC[C@@H]6C[C@H](C)NC(=[N+]65)N4)[C@@H](C)NC(=[N+]32)N1. The molecule has 0 aromatic heterocycles. The van der Waals surface area contributed by atoms with Crippen LogP contribution in [-0.4, -0.2) is 75.4 Å². The summed E-state index contributed by atoms with van der Waals surface area (Å²) in [6.45, 7) is 8.81. The number of esters is 1. The quantitative estimate of drug-likeness (QED) is 0.0989. The highest BCUT2D eigenvalue weighted by Crippen LogP contribution is 2.35. The van der Waals surface area contributed by atoms with Crippen LogP contribution in [0.1, 0.15) is 156 Å². The monoisotopic (exact) mass is 625 g/mol. The Morgan fingerprint density at radius 3 is 2.18 bits per heavy atom. The summed E-state index contributed by atoms with van der Waals surface area (Å²) in [7, 11) is 0. The Kier molecular flexibility index (Phi) is 11.0. The van der Waals surface area contributed by atoms with Gasteiger partial charge in [-0.05, 0) is 65.7 Å². The Hall–Kier alpha value is -2.25. The second-order valence-electron chi connectivity index (χ2n) is 15.5. The van der Waals surface area contributed by atoms with Crippen molar-refractivity contribution in [2.24, 2.45) is 0 Å². The highest BCUT2D eigenvalue weighted by molar-refractivity contribution is 5.93. The van der Waals surface area contributed by atoms with Gasteiger partial charge in [-0.25, -0.2) is 9.37 Å². The van der Waals surface area contributed by atoms with Gasteiger partial charge in [0.2, 0.25) is 0 Å². The van der Waals surface area contributed by atoms with Gasteiger partial charge in [-0.2, -0.15) is 0 Å². The molecule has 6 heterocycles. The highest BCUT2D eigenvalue weighted by Gasteiger charge is 2.47. The molecule has 8 heteroatoms. The predicted molar refractivity (Wildman–Crippen MR) is 182 cm³/mol.